The van der Waals surface area contributed by atoms with E-state index >= 15 is 0 Å². The number of piperidine rings is 1. The number of carbonyl (C=O) groups is 2. The summed E-state index contributed by atoms with van der Waals surface area (Å²) in [6.07, 6.45) is -0.608. The second kappa shape index (κ2) is 9.15. The highest BCUT2D eigenvalue weighted by atomic mass is 19.4. The van der Waals surface area contributed by atoms with Gasteiger partial charge in [0, 0.05) is 26.2 Å². The maximum Gasteiger partial charge on any atom is 0.417 e. The fraction of sp³-hybridized carbons (Fsp3) is 0.619. The Bertz CT molecular complexity index is 728. The number of carbonyl (C=O) groups excluding carboxylic acids is 2. The molecular weight excluding hydrogens is 383 g/mol. The van der Waals surface area contributed by atoms with Gasteiger partial charge in [-0.2, -0.15) is 13.2 Å². The molecule has 1 aromatic rings. The number of hydrogen-bond donors (Lipinski definition) is 0. The normalized spacial score (nSPS) is 21.3. The van der Waals surface area contributed by atoms with Gasteiger partial charge in [0.2, 0.25) is 5.91 Å². The molecule has 29 heavy (non-hydrogen) atoms. The molecule has 2 saturated heterocycles. The van der Waals surface area contributed by atoms with Crippen molar-refractivity contribution < 1.29 is 22.8 Å². The van der Waals surface area contributed by atoms with Crippen LogP contribution < -0.4 is 0 Å². The van der Waals surface area contributed by atoms with Crippen molar-refractivity contribution >= 4 is 11.8 Å². The average molecular weight is 411 g/mol. The topological polar surface area (TPSA) is 43.9 Å². The molecule has 2 fully saturated rings. The van der Waals surface area contributed by atoms with Gasteiger partial charge in [-0.15, -0.1) is 0 Å². The van der Waals surface area contributed by atoms with E-state index in [9.17, 15) is 22.8 Å². The van der Waals surface area contributed by atoms with Gasteiger partial charge in [0.15, 0.2) is 0 Å². The summed E-state index contributed by atoms with van der Waals surface area (Å²) in [5.41, 5.74) is -1.25. The van der Waals surface area contributed by atoms with Crippen LogP contribution >= 0.6 is 0 Å². The Hall–Kier alpha value is -2.09. The maximum absolute atomic E-state index is 13.2. The van der Waals surface area contributed by atoms with E-state index in [1.807, 2.05) is 0 Å². The Morgan fingerprint density at radius 3 is 2.31 bits per heavy atom. The highest BCUT2D eigenvalue weighted by Gasteiger charge is 2.37. The molecule has 0 bridgehead atoms. The predicted octanol–water partition coefficient (Wildman–Crippen LogP) is 3.25. The van der Waals surface area contributed by atoms with Gasteiger partial charge in [0.05, 0.1) is 17.2 Å². The van der Waals surface area contributed by atoms with E-state index in [2.05, 4.69) is 11.8 Å². The third-order valence-electron chi connectivity index (χ3n) is 5.75. The first-order chi connectivity index (χ1) is 13.8. The van der Waals surface area contributed by atoms with Crippen molar-refractivity contribution in [3.05, 3.63) is 35.4 Å². The smallest absolute Gasteiger partial charge is 0.338 e. The zero-order chi connectivity index (χ0) is 21.0. The summed E-state index contributed by atoms with van der Waals surface area (Å²) >= 11 is 0. The van der Waals surface area contributed by atoms with Crippen LogP contribution in [0, 0.1) is 0 Å². The zero-order valence-electron chi connectivity index (χ0n) is 16.7. The van der Waals surface area contributed by atoms with Gasteiger partial charge in [0.25, 0.3) is 5.91 Å². The molecule has 0 aliphatic carbocycles. The SMILES string of the molecule is CCCN1CCCCC1C(=O)N1CCN(C(=O)c2ccccc2C(F)(F)F)CC1. The minimum absolute atomic E-state index is 0.0842. The highest BCUT2D eigenvalue weighted by molar-refractivity contribution is 5.96. The summed E-state index contributed by atoms with van der Waals surface area (Å²) in [5.74, 6) is -0.545. The second-order valence-corrected chi connectivity index (χ2v) is 7.71. The van der Waals surface area contributed by atoms with E-state index in [0.717, 1.165) is 44.8 Å². The Balaban J connectivity index is 1.63. The number of alkyl halides is 3. The van der Waals surface area contributed by atoms with Crippen molar-refractivity contribution in [1.82, 2.24) is 14.7 Å². The third kappa shape index (κ3) is 4.91. The molecule has 0 aromatic heterocycles. The van der Waals surface area contributed by atoms with Crippen LogP contribution in [0.25, 0.3) is 0 Å². The average Bonchev–Trinajstić information content (AvgIpc) is 2.73. The first kappa shape index (κ1) is 21.6. The lowest BCUT2D eigenvalue weighted by atomic mass is 10.00. The van der Waals surface area contributed by atoms with E-state index in [4.69, 9.17) is 0 Å². The first-order valence-electron chi connectivity index (χ1n) is 10.3. The molecule has 2 amide bonds. The lowest BCUT2D eigenvalue weighted by Gasteiger charge is -2.41. The highest BCUT2D eigenvalue weighted by Crippen LogP contribution is 2.32. The largest absolute Gasteiger partial charge is 0.417 e. The Labute approximate surface area is 169 Å². The van der Waals surface area contributed by atoms with Crippen molar-refractivity contribution in [2.75, 3.05) is 39.3 Å². The molecule has 0 saturated carbocycles. The molecule has 160 valence electrons. The van der Waals surface area contributed by atoms with Crippen LogP contribution in [0.4, 0.5) is 13.2 Å². The second-order valence-electron chi connectivity index (χ2n) is 7.71. The fourth-order valence-electron chi connectivity index (χ4n) is 4.25. The van der Waals surface area contributed by atoms with Crippen molar-refractivity contribution in [2.45, 2.75) is 44.8 Å². The van der Waals surface area contributed by atoms with Crippen LogP contribution in [-0.2, 0) is 11.0 Å². The Morgan fingerprint density at radius 2 is 1.66 bits per heavy atom. The summed E-state index contributed by atoms with van der Waals surface area (Å²) in [6, 6.07) is 4.75. The minimum Gasteiger partial charge on any atom is -0.338 e. The van der Waals surface area contributed by atoms with Crippen LogP contribution in [0.3, 0.4) is 0 Å². The summed E-state index contributed by atoms with van der Waals surface area (Å²) < 4.78 is 39.7. The van der Waals surface area contributed by atoms with E-state index in [1.54, 1.807) is 4.90 Å². The van der Waals surface area contributed by atoms with Gasteiger partial charge in [-0.25, -0.2) is 0 Å². The lowest BCUT2D eigenvalue weighted by molar-refractivity contribution is -0.139. The molecule has 0 N–H and O–H groups in total. The number of nitrogens with zero attached hydrogens (tertiary/aromatic N) is 3. The van der Waals surface area contributed by atoms with E-state index in [-0.39, 0.29) is 30.6 Å². The zero-order valence-corrected chi connectivity index (χ0v) is 16.7. The Morgan fingerprint density at radius 1 is 1.00 bits per heavy atom. The number of rotatable bonds is 4. The summed E-state index contributed by atoms with van der Waals surface area (Å²) in [5, 5.41) is 0. The number of hydrogen-bond acceptors (Lipinski definition) is 3. The molecule has 1 aromatic carbocycles. The summed E-state index contributed by atoms with van der Waals surface area (Å²) in [6.45, 7) is 5.12. The number of halogens is 3. The van der Waals surface area contributed by atoms with Gasteiger partial charge < -0.3 is 9.80 Å². The van der Waals surface area contributed by atoms with Crippen LogP contribution in [0.15, 0.2) is 24.3 Å². The standard InChI is InChI=1S/C21H28F3N3O2/c1-2-10-25-11-6-5-9-18(25)20(29)27-14-12-26(13-15-27)19(28)16-7-3-4-8-17(16)21(22,23)24/h3-4,7-8,18H,2,5-6,9-15H2,1H3. The van der Waals surface area contributed by atoms with Crippen LogP contribution in [0.1, 0.15) is 48.5 Å². The minimum atomic E-state index is -4.58. The fourth-order valence-corrected chi connectivity index (χ4v) is 4.25. The summed E-state index contributed by atoms with van der Waals surface area (Å²) in [7, 11) is 0. The van der Waals surface area contributed by atoms with E-state index in [0.29, 0.717) is 13.1 Å². The number of amides is 2. The van der Waals surface area contributed by atoms with Gasteiger partial charge in [-0.3, -0.25) is 14.5 Å². The molecule has 1 unspecified atom stereocenters. The molecule has 0 spiro atoms. The first-order valence-corrected chi connectivity index (χ1v) is 10.3. The molecule has 2 heterocycles. The molecule has 0 radical (unpaired) electrons. The van der Waals surface area contributed by atoms with Crippen molar-refractivity contribution in [3.63, 3.8) is 0 Å². The number of piperazine rings is 1. The molecule has 2 aliphatic heterocycles. The molecule has 3 rings (SSSR count). The summed E-state index contributed by atoms with van der Waals surface area (Å²) in [4.78, 5) is 31.1. The number of likely N-dealkylation sites (tertiary alicyclic amines) is 1. The van der Waals surface area contributed by atoms with Crippen molar-refractivity contribution in [3.8, 4) is 0 Å². The van der Waals surface area contributed by atoms with Crippen LogP contribution in [0.2, 0.25) is 0 Å². The van der Waals surface area contributed by atoms with Gasteiger partial charge >= 0.3 is 6.18 Å². The lowest BCUT2D eigenvalue weighted by Crippen LogP contribution is -2.56. The number of benzene rings is 1. The molecule has 1 atom stereocenters. The van der Waals surface area contributed by atoms with Gasteiger partial charge in [0.1, 0.15) is 0 Å². The maximum atomic E-state index is 13.2. The van der Waals surface area contributed by atoms with Gasteiger partial charge in [-0.1, -0.05) is 25.5 Å². The van der Waals surface area contributed by atoms with E-state index < -0.39 is 17.6 Å². The van der Waals surface area contributed by atoms with Crippen molar-refractivity contribution in [2.24, 2.45) is 0 Å². The van der Waals surface area contributed by atoms with E-state index in [1.165, 1.54) is 23.1 Å². The van der Waals surface area contributed by atoms with Gasteiger partial charge in [-0.05, 0) is 44.5 Å². The Kier molecular flexibility index (Phi) is 6.82. The monoisotopic (exact) mass is 411 g/mol. The molecule has 5 nitrogen and oxygen atoms in total. The quantitative estimate of drug-likeness (QED) is 0.764. The predicted molar refractivity (Wildman–Crippen MR) is 103 cm³/mol. The molecule has 8 heteroatoms. The van der Waals surface area contributed by atoms with Crippen LogP contribution in [-0.4, -0.2) is 71.8 Å². The third-order valence-corrected chi connectivity index (χ3v) is 5.75. The molecule has 2 aliphatic rings. The van der Waals surface area contributed by atoms with Crippen LogP contribution in [0.5, 0.6) is 0 Å². The molecular formula is C21H28F3N3O2. The van der Waals surface area contributed by atoms with Crippen molar-refractivity contribution in [1.29, 1.82) is 0 Å².